The summed E-state index contributed by atoms with van der Waals surface area (Å²) in [5, 5.41) is 10.8. The van der Waals surface area contributed by atoms with Crippen LogP contribution in [0.5, 0.6) is 0 Å². The summed E-state index contributed by atoms with van der Waals surface area (Å²) in [7, 11) is 3.48. The Morgan fingerprint density at radius 3 is 2.52 bits per heavy atom. The van der Waals surface area contributed by atoms with Gasteiger partial charge in [0.15, 0.2) is 5.96 Å². The average molecular weight is 457 g/mol. The van der Waals surface area contributed by atoms with E-state index >= 15 is 0 Å². The Balaban J connectivity index is 0.00000312. The molecule has 7 heteroatoms. The summed E-state index contributed by atoms with van der Waals surface area (Å²) in [6.45, 7) is 5.58. The number of hydrogen-bond donors (Lipinski definition) is 2. The highest BCUT2D eigenvalue weighted by molar-refractivity contribution is 14.0. The third-order valence-electron chi connectivity index (χ3n) is 3.87. The molecule has 0 saturated carbocycles. The molecule has 0 atom stereocenters. The van der Waals surface area contributed by atoms with Gasteiger partial charge in [0, 0.05) is 39.6 Å². The summed E-state index contributed by atoms with van der Waals surface area (Å²) < 4.78 is 7.25. The zero-order chi connectivity index (χ0) is 17.4. The number of guanidine groups is 1. The van der Waals surface area contributed by atoms with Crippen LogP contribution in [-0.2, 0) is 11.2 Å². The Bertz CT molecular complexity index is 638. The van der Waals surface area contributed by atoms with Crippen molar-refractivity contribution in [2.75, 3.05) is 27.2 Å². The van der Waals surface area contributed by atoms with E-state index in [1.54, 1.807) is 20.4 Å². The van der Waals surface area contributed by atoms with Crippen LogP contribution in [0.1, 0.15) is 19.4 Å². The number of ether oxygens (including phenoxy) is 1. The van der Waals surface area contributed by atoms with Gasteiger partial charge in [0.25, 0.3) is 0 Å². The summed E-state index contributed by atoms with van der Waals surface area (Å²) in [6, 6.07) is 10.3. The number of nitrogens with one attached hydrogen (secondary N) is 2. The molecule has 0 aliphatic heterocycles. The number of aliphatic imine (C=N–C) groups is 1. The van der Waals surface area contributed by atoms with Crippen LogP contribution in [0.25, 0.3) is 5.69 Å². The van der Waals surface area contributed by atoms with E-state index in [2.05, 4.69) is 45.0 Å². The Labute approximate surface area is 167 Å². The molecule has 0 radical (unpaired) electrons. The standard InChI is InChI=1S/C18H27N5O.HI/c1-18(2,24-4)14-21-17(19-3)20-12-10-15-6-8-16(9-7-15)23-13-5-11-22-23;/h5-9,11,13H,10,12,14H2,1-4H3,(H2,19,20,21);1H. The van der Waals surface area contributed by atoms with Crippen molar-refractivity contribution in [3.05, 3.63) is 48.3 Å². The summed E-state index contributed by atoms with van der Waals surface area (Å²) in [6.07, 6.45) is 4.64. The van der Waals surface area contributed by atoms with E-state index in [9.17, 15) is 0 Å². The van der Waals surface area contributed by atoms with Gasteiger partial charge in [-0.2, -0.15) is 5.10 Å². The maximum atomic E-state index is 5.40. The predicted molar refractivity (Wildman–Crippen MR) is 113 cm³/mol. The third-order valence-corrected chi connectivity index (χ3v) is 3.87. The molecule has 0 fully saturated rings. The van der Waals surface area contributed by atoms with Crippen molar-refractivity contribution >= 4 is 29.9 Å². The van der Waals surface area contributed by atoms with Crippen molar-refractivity contribution in [1.82, 2.24) is 20.4 Å². The first kappa shape index (κ1) is 21.4. The molecule has 1 aromatic carbocycles. The number of methoxy groups -OCH3 is 1. The minimum absolute atomic E-state index is 0. The van der Waals surface area contributed by atoms with Crippen LogP contribution in [-0.4, -0.2) is 48.6 Å². The summed E-state index contributed by atoms with van der Waals surface area (Å²) >= 11 is 0. The van der Waals surface area contributed by atoms with Crippen molar-refractivity contribution in [1.29, 1.82) is 0 Å². The van der Waals surface area contributed by atoms with Crippen LogP contribution in [0.3, 0.4) is 0 Å². The number of nitrogens with zero attached hydrogens (tertiary/aromatic N) is 3. The normalized spacial score (nSPS) is 11.8. The summed E-state index contributed by atoms with van der Waals surface area (Å²) in [4.78, 5) is 4.23. The van der Waals surface area contributed by atoms with Crippen LogP contribution in [0, 0.1) is 0 Å². The summed E-state index contributed by atoms with van der Waals surface area (Å²) in [5.74, 6) is 0.785. The van der Waals surface area contributed by atoms with E-state index in [-0.39, 0.29) is 29.6 Å². The molecule has 25 heavy (non-hydrogen) atoms. The monoisotopic (exact) mass is 457 g/mol. The van der Waals surface area contributed by atoms with Gasteiger partial charge in [0.05, 0.1) is 11.3 Å². The third kappa shape index (κ3) is 7.03. The molecular formula is C18H28IN5O. The lowest BCUT2D eigenvalue weighted by Gasteiger charge is -2.24. The summed E-state index contributed by atoms with van der Waals surface area (Å²) in [5.41, 5.74) is 2.11. The van der Waals surface area contributed by atoms with Gasteiger partial charge >= 0.3 is 0 Å². The van der Waals surface area contributed by atoms with Gasteiger partial charge in [0.1, 0.15) is 0 Å². The second-order valence-electron chi connectivity index (χ2n) is 6.18. The second kappa shape index (κ2) is 10.4. The quantitative estimate of drug-likeness (QED) is 0.381. The molecule has 0 amide bonds. The van der Waals surface area contributed by atoms with Crippen LogP contribution in [0.2, 0.25) is 0 Å². The first-order valence-corrected chi connectivity index (χ1v) is 8.13. The molecule has 1 heterocycles. The van der Waals surface area contributed by atoms with Crippen molar-refractivity contribution < 1.29 is 4.74 Å². The highest BCUT2D eigenvalue weighted by Gasteiger charge is 2.16. The number of benzene rings is 1. The van der Waals surface area contributed by atoms with Crippen LogP contribution < -0.4 is 10.6 Å². The molecule has 0 aliphatic rings. The molecule has 1 aromatic heterocycles. The van der Waals surface area contributed by atoms with Crippen molar-refractivity contribution in [3.63, 3.8) is 0 Å². The van der Waals surface area contributed by atoms with E-state index in [4.69, 9.17) is 4.74 Å². The van der Waals surface area contributed by atoms with Crippen molar-refractivity contribution in [2.24, 2.45) is 4.99 Å². The maximum Gasteiger partial charge on any atom is 0.191 e. The van der Waals surface area contributed by atoms with Crippen LogP contribution >= 0.6 is 24.0 Å². The Kier molecular flexibility index (Phi) is 8.91. The average Bonchev–Trinajstić information content (AvgIpc) is 3.13. The topological polar surface area (TPSA) is 63.5 Å². The van der Waals surface area contributed by atoms with E-state index in [1.165, 1.54) is 5.56 Å². The minimum atomic E-state index is -0.222. The highest BCUT2D eigenvalue weighted by atomic mass is 127. The molecule has 2 aromatic rings. The Hall–Kier alpha value is -1.61. The van der Waals surface area contributed by atoms with Gasteiger partial charge < -0.3 is 15.4 Å². The first-order valence-electron chi connectivity index (χ1n) is 8.13. The van der Waals surface area contributed by atoms with Crippen molar-refractivity contribution in [3.8, 4) is 5.69 Å². The lowest BCUT2D eigenvalue weighted by Crippen LogP contribution is -2.45. The SMILES string of the molecule is CN=C(NCCc1ccc(-n2cccn2)cc1)NCC(C)(C)OC.I. The van der Waals surface area contributed by atoms with Gasteiger partial charge in [0.2, 0.25) is 0 Å². The molecule has 6 nitrogen and oxygen atoms in total. The fourth-order valence-electron chi connectivity index (χ4n) is 2.15. The molecule has 0 saturated heterocycles. The second-order valence-corrected chi connectivity index (χ2v) is 6.18. The number of halogens is 1. The van der Waals surface area contributed by atoms with Gasteiger partial charge in [-0.25, -0.2) is 4.68 Å². The van der Waals surface area contributed by atoms with E-state index in [1.807, 2.05) is 30.8 Å². The molecule has 0 spiro atoms. The molecule has 2 N–H and O–H groups in total. The number of rotatable bonds is 7. The van der Waals surface area contributed by atoms with E-state index in [0.29, 0.717) is 6.54 Å². The first-order chi connectivity index (χ1) is 11.5. The number of hydrogen-bond acceptors (Lipinski definition) is 3. The van der Waals surface area contributed by atoms with Crippen LogP contribution in [0.15, 0.2) is 47.7 Å². The molecule has 0 bridgehead atoms. The molecule has 138 valence electrons. The number of aromatic nitrogens is 2. The zero-order valence-corrected chi connectivity index (χ0v) is 17.7. The highest BCUT2D eigenvalue weighted by Crippen LogP contribution is 2.09. The van der Waals surface area contributed by atoms with Crippen LogP contribution in [0.4, 0.5) is 0 Å². The molecule has 0 unspecified atom stereocenters. The minimum Gasteiger partial charge on any atom is -0.377 e. The zero-order valence-electron chi connectivity index (χ0n) is 15.3. The lowest BCUT2D eigenvalue weighted by atomic mass is 10.1. The molecule has 2 rings (SSSR count). The van der Waals surface area contributed by atoms with Crippen molar-refractivity contribution in [2.45, 2.75) is 25.9 Å². The van der Waals surface area contributed by atoms with Gasteiger partial charge in [-0.1, -0.05) is 12.1 Å². The maximum absolute atomic E-state index is 5.40. The Morgan fingerprint density at radius 1 is 1.24 bits per heavy atom. The smallest absolute Gasteiger partial charge is 0.191 e. The van der Waals surface area contributed by atoms with E-state index in [0.717, 1.165) is 24.6 Å². The predicted octanol–water partition coefficient (Wildman–Crippen LogP) is 2.62. The van der Waals surface area contributed by atoms with Gasteiger partial charge in [-0.05, 0) is 44.0 Å². The largest absolute Gasteiger partial charge is 0.377 e. The lowest BCUT2D eigenvalue weighted by molar-refractivity contribution is 0.0268. The Morgan fingerprint density at radius 2 is 1.96 bits per heavy atom. The molecule has 0 aliphatic carbocycles. The fraction of sp³-hybridized carbons (Fsp3) is 0.444. The fourth-order valence-corrected chi connectivity index (χ4v) is 2.15. The van der Waals surface area contributed by atoms with Gasteiger partial charge in [-0.15, -0.1) is 24.0 Å². The van der Waals surface area contributed by atoms with E-state index < -0.39 is 0 Å². The molecular weight excluding hydrogens is 429 g/mol. The van der Waals surface area contributed by atoms with Gasteiger partial charge in [-0.3, -0.25) is 4.99 Å².